The van der Waals surface area contributed by atoms with E-state index in [1.807, 2.05) is 0 Å². The molecule has 0 aromatic carbocycles. The molecule has 1 atom stereocenters. The molecule has 0 aromatic heterocycles. The topological polar surface area (TPSA) is 69.4 Å². The van der Waals surface area contributed by atoms with Crippen LogP contribution in [0.25, 0.3) is 0 Å². The van der Waals surface area contributed by atoms with E-state index in [4.69, 9.17) is 9.88 Å². The monoisotopic (exact) mass is 181 g/mol. The average molecular weight is 181 g/mol. The number of hydrogen-bond donors (Lipinski definition) is 1. The second-order valence-electron chi connectivity index (χ2n) is 2.53. The lowest BCUT2D eigenvalue weighted by atomic mass is 10.3. The molecule has 1 unspecified atom stereocenters. The van der Waals surface area contributed by atoms with Crippen molar-refractivity contribution in [1.29, 1.82) is 0 Å². The van der Waals surface area contributed by atoms with Crippen molar-refractivity contribution in [3.63, 3.8) is 0 Å². The third-order valence-corrected chi connectivity index (χ3v) is 2.88. The standard InChI is InChI=1S/C6H15NO3S/c1-6(11(7,8)9)4-3-5-10-2/h6H,3-5H2,1-2H3,(H2,7,8,9). The van der Waals surface area contributed by atoms with Crippen molar-refractivity contribution in [2.24, 2.45) is 5.14 Å². The molecule has 0 heterocycles. The number of ether oxygens (including phenoxy) is 1. The van der Waals surface area contributed by atoms with E-state index < -0.39 is 15.3 Å². The summed E-state index contributed by atoms with van der Waals surface area (Å²) < 4.78 is 26.1. The molecule has 0 spiro atoms. The maximum atomic E-state index is 10.7. The number of nitrogens with two attached hydrogens (primary N) is 1. The van der Waals surface area contributed by atoms with E-state index in [1.165, 1.54) is 0 Å². The minimum absolute atomic E-state index is 0.461. The van der Waals surface area contributed by atoms with E-state index in [-0.39, 0.29) is 0 Å². The normalized spacial score (nSPS) is 14.8. The fourth-order valence-electron chi connectivity index (χ4n) is 0.679. The Morgan fingerprint density at radius 2 is 2.09 bits per heavy atom. The van der Waals surface area contributed by atoms with Crippen LogP contribution in [0, 0.1) is 0 Å². The third kappa shape index (κ3) is 5.17. The minimum atomic E-state index is -3.34. The maximum Gasteiger partial charge on any atom is 0.211 e. The van der Waals surface area contributed by atoms with Crippen molar-refractivity contribution in [1.82, 2.24) is 0 Å². The summed E-state index contributed by atoms with van der Waals surface area (Å²) in [5.41, 5.74) is 0. The summed E-state index contributed by atoms with van der Waals surface area (Å²) in [5.74, 6) is 0. The van der Waals surface area contributed by atoms with Crippen molar-refractivity contribution in [3.8, 4) is 0 Å². The van der Waals surface area contributed by atoms with Crippen LogP contribution in [0.15, 0.2) is 0 Å². The van der Waals surface area contributed by atoms with Crippen LogP contribution in [0.1, 0.15) is 19.8 Å². The Morgan fingerprint density at radius 3 is 2.45 bits per heavy atom. The summed E-state index contributed by atoms with van der Waals surface area (Å²) in [5, 5.41) is 4.43. The molecule has 0 fully saturated rings. The molecule has 68 valence electrons. The smallest absolute Gasteiger partial charge is 0.211 e. The Kier molecular flexibility index (Phi) is 4.63. The van der Waals surface area contributed by atoms with Gasteiger partial charge in [0.1, 0.15) is 0 Å². The highest BCUT2D eigenvalue weighted by Gasteiger charge is 2.13. The Morgan fingerprint density at radius 1 is 1.55 bits per heavy atom. The first-order chi connectivity index (χ1) is 4.98. The van der Waals surface area contributed by atoms with Crippen LogP contribution in [-0.4, -0.2) is 27.4 Å². The largest absolute Gasteiger partial charge is 0.385 e. The fourth-order valence-corrected chi connectivity index (χ4v) is 1.17. The molecule has 11 heavy (non-hydrogen) atoms. The molecular weight excluding hydrogens is 166 g/mol. The molecule has 0 saturated carbocycles. The summed E-state index contributed by atoms with van der Waals surface area (Å²) in [7, 11) is -1.75. The van der Waals surface area contributed by atoms with E-state index in [2.05, 4.69) is 0 Å². The Labute approximate surface area is 67.8 Å². The van der Waals surface area contributed by atoms with Crippen LogP contribution in [-0.2, 0) is 14.8 Å². The Balaban J connectivity index is 3.62. The molecule has 0 radical (unpaired) electrons. The number of primary sulfonamides is 1. The van der Waals surface area contributed by atoms with Crippen LogP contribution in [0.2, 0.25) is 0 Å². The first-order valence-corrected chi connectivity index (χ1v) is 5.10. The van der Waals surface area contributed by atoms with Gasteiger partial charge in [0, 0.05) is 13.7 Å². The van der Waals surface area contributed by atoms with Crippen molar-refractivity contribution in [3.05, 3.63) is 0 Å². The molecule has 5 heteroatoms. The minimum Gasteiger partial charge on any atom is -0.385 e. The molecule has 0 bridgehead atoms. The highest BCUT2D eigenvalue weighted by molar-refractivity contribution is 7.89. The summed E-state index contributed by atoms with van der Waals surface area (Å²) in [4.78, 5) is 0. The second kappa shape index (κ2) is 4.69. The van der Waals surface area contributed by atoms with Gasteiger partial charge in [-0.3, -0.25) is 0 Å². The first kappa shape index (κ1) is 10.9. The van der Waals surface area contributed by atoms with Crippen LogP contribution < -0.4 is 5.14 Å². The van der Waals surface area contributed by atoms with Crippen molar-refractivity contribution < 1.29 is 13.2 Å². The average Bonchev–Trinajstić information content (AvgIpc) is 1.86. The number of sulfonamides is 1. The van der Waals surface area contributed by atoms with E-state index >= 15 is 0 Å². The van der Waals surface area contributed by atoms with Crippen molar-refractivity contribution in [2.45, 2.75) is 25.0 Å². The molecule has 0 saturated heterocycles. The highest BCUT2D eigenvalue weighted by atomic mass is 32.2. The van der Waals surface area contributed by atoms with Crippen LogP contribution in [0.5, 0.6) is 0 Å². The molecular formula is C6H15NO3S. The van der Waals surface area contributed by atoms with Gasteiger partial charge < -0.3 is 4.74 Å². The predicted octanol–water partition coefficient (Wildman–Crippen LogP) is 0.0900. The summed E-state index contributed by atoms with van der Waals surface area (Å²) >= 11 is 0. The van der Waals surface area contributed by atoms with Gasteiger partial charge >= 0.3 is 0 Å². The van der Waals surface area contributed by atoms with Gasteiger partial charge in [-0.2, -0.15) is 0 Å². The zero-order valence-electron chi connectivity index (χ0n) is 6.91. The van der Waals surface area contributed by atoms with Crippen LogP contribution in [0.4, 0.5) is 0 Å². The van der Waals surface area contributed by atoms with Crippen LogP contribution >= 0.6 is 0 Å². The van der Waals surface area contributed by atoms with Gasteiger partial charge in [-0.25, -0.2) is 13.6 Å². The molecule has 0 rings (SSSR count). The predicted molar refractivity (Wildman–Crippen MR) is 43.7 cm³/mol. The van der Waals surface area contributed by atoms with Gasteiger partial charge in [-0.15, -0.1) is 0 Å². The maximum absolute atomic E-state index is 10.7. The zero-order valence-corrected chi connectivity index (χ0v) is 7.73. The Bertz CT molecular complexity index is 188. The van der Waals surface area contributed by atoms with E-state index in [0.717, 1.165) is 6.42 Å². The van der Waals surface area contributed by atoms with Gasteiger partial charge in [0.15, 0.2) is 0 Å². The van der Waals surface area contributed by atoms with E-state index in [0.29, 0.717) is 13.0 Å². The van der Waals surface area contributed by atoms with E-state index in [9.17, 15) is 8.42 Å². The highest BCUT2D eigenvalue weighted by Crippen LogP contribution is 2.03. The molecule has 2 N–H and O–H groups in total. The molecule has 0 aliphatic carbocycles. The van der Waals surface area contributed by atoms with Gasteiger partial charge in [0.25, 0.3) is 0 Å². The Hall–Kier alpha value is -0.130. The quantitative estimate of drug-likeness (QED) is 0.611. The van der Waals surface area contributed by atoms with Crippen molar-refractivity contribution >= 4 is 10.0 Å². The zero-order chi connectivity index (χ0) is 8.91. The molecule has 4 nitrogen and oxygen atoms in total. The number of rotatable bonds is 5. The summed E-state index contributed by atoms with van der Waals surface area (Å²) in [6.45, 7) is 2.19. The summed E-state index contributed by atoms with van der Waals surface area (Å²) in [6.07, 6.45) is 1.29. The molecule has 0 amide bonds. The third-order valence-electron chi connectivity index (χ3n) is 1.52. The van der Waals surface area contributed by atoms with Gasteiger partial charge in [-0.1, -0.05) is 0 Å². The fraction of sp³-hybridized carbons (Fsp3) is 1.00. The van der Waals surface area contributed by atoms with Crippen LogP contribution in [0.3, 0.4) is 0 Å². The lowest BCUT2D eigenvalue weighted by Crippen LogP contribution is -2.25. The lowest BCUT2D eigenvalue weighted by molar-refractivity contribution is 0.193. The molecule has 0 aromatic rings. The molecule has 0 aliphatic rings. The van der Waals surface area contributed by atoms with Gasteiger partial charge in [0.2, 0.25) is 10.0 Å². The van der Waals surface area contributed by atoms with E-state index in [1.54, 1.807) is 14.0 Å². The first-order valence-electron chi connectivity index (χ1n) is 3.49. The van der Waals surface area contributed by atoms with Gasteiger partial charge in [-0.05, 0) is 19.8 Å². The number of methoxy groups -OCH3 is 1. The SMILES string of the molecule is COCCCC(C)S(N)(=O)=O. The lowest BCUT2D eigenvalue weighted by Gasteiger charge is -2.07. The number of hydrogen-bond acceptors (Lipinski definition) is 3. The summed E-state index contributed by atoms with van der Waals surface area (Å²) in [6, 6.07) is 0. The second-order valence-corrected chi connectivity index (χ2v) is 4.52. The van der Waals surface area contributed by atoms with Crippen molar-refractivity contribution in [2.75, 3.05) is 13.7 Å². The molecule has 0 aliphatic heterocycles. The van der Waals surface area contributed by atoms with Gasteiger partial charge in [0.05, 0.1) is 5.25 Å².